The van der Waals surface area contributed by atoms with Gasteiger partial charge in [0.05, 0.1) is 35.6 Å². The molecule has 0 aliphatic carbocycles. The molecule has 9 heteroatoms. The van der Waals surface area contributed by atoms with Gasteiger partial charge in [-0.05, 0) is 25.0 Å². The van der Waals surface area contributed by atoms with E-state index in [0.717, 1.165) is 0 Å². The Morgan fingerprint density at radius 3 is 2.52 bits per heavy atom. The van der Waals surface area contributed by atoms with E-state index < -0.39 is 11.9 Å². The Labute approximate surface area is 172 Å². The van der Waals surface area contributed by atoms with Crippen LogP contribution in [0.5, 0.6) is 0 Å². The fraction of sp³-hybridized carbons (Fsp3) is 0.350. The van der Waals surface area contributed by atoms with Crippen LogP contribution in [0.25, 0.3) is 22.0 Å². The molecule has 2 heterocycles. The van der Waals surface area contributed by atoms with Gasteiger partial charge in [-0.1, -0.05) is 17.7 Å². The third-order valence-corrected chi connectivity index (χ3v) is 5.47. The van der Waals surface area contributed by atoms with E-state index in [2.05, 4.69) is 5.10 Å². The summed E-state index contributed by atoms with van der Waals surface area (Å²) in [7, 11) is 4.67. The molecule has 0 saturated carbocycles. The monoisotopic (exact) mass is 419 g/mol. The van der Waals surface area contributed by atoms with Gasteiger partial charge in [0.1, 0.15) is 5.69 Å². The van der Waals surface area contributed by atoms with E-state index in [1.807, 2.05) is 6.92 Å². The molecule has 0 radical (unpaired) electrons. The first-order valence-corrected chi connectivity index (χ1v) is 9.34. The Kier molecular flexibility index (Phi) is 5.68. The number of carboxylic acids is 1. The van der Waals surface area contributed by atoms with Crippen LogP contribution in [0.2, 0.25) is 5.02 Å². The van der Waals surface area contributed by atoms with Crippen LogP contribution in [-0.2, 0) is 36.7 Å². The second kappa shape index (κ2) is 7.88. The molecule has 0 bridgehead atoms. The maximum absolute atomic E-state index is 12.0. The number of carboxylic acid groups (broad SMARTS) is 1. The molecule has 3 rings (SSSR count). The zero-order chi connectivity index (χ0) is 21.5. The molecule has 8 nitrogen and oxygen atoms in total. The van der Waals surface area contributed by atoms with Crippen molar-refractivity contribution < 1.29 is 24.5 Å². The molecule has 2 N–H and O–H groups in total. The number of aromatic nitrogens is 3. The highest BCUT2D eigenvalue weighted by molar-refractivity contribution is 6.35. The molecule has 1 aromatic carbocycles. The quantitative estimate of drug-likeness (QED) is 0.595. The van der Waals surface area contributed by atoms with E-state index >= 15 is 0 Å². The third kappa shape index (κ3) is 3.38. The van der Waals surface area contributed by atoms with Gasteiger partial charge in [0, 0.05) is 37.0 Å². The van der Waals surface area contributed by atoms with Gasteiger partial charge >= 0.3 is 11.9 Å². The highest BCUT2D eigenvalue weighted by Crippen LogP contribution is 2.41. The zero-order valence-corrected chi connectivity index (χ0v) is 17.4. The Morgan fingerprint density at radius 2 is 1.93 bits per heavy atom. The van der Waals surface area contributed by atoms with Crippen molar-refractivity contribution in [2.45, 2.75) is 26.4 Å². The van der Waals surface area contributed by atoms with Crippen molar-refractivity contribution in [2.24, 2.45) is 14.1 Å². The number of halogens is 1. The first kappa shape index (κ1) is 20.9. The lowest BCUT2D eigenvalue weighted by Gasteiger charge is -2.11. The summed E-state index contributed by atoms with van der Waals surface area (Å²) in [6, 6.07) is 3.45. The van der Waals surface area contributed by atoms with Gasteiger partial charge in [-0.3, -0.25) is 9.48 Å². The summed E-state index contributed by atoms with van der Waals surface area (Å²) < 4.78 is 7.85. The fourth-order valence-electron chi connectivity index (χ4n) is 3.91. The van der Waals surface area contributed by atoms with Crippen LogP contribution in [0.3, 0.4) is 0 Å². The van der Waals surface area contributed by atoms with Crippen LogP contribution < -0.4 is 0 Å². The number of nitrogens with zero attached hydrogens (tertiary/aromatic N) is 3. The van der Waals surface area contributed by atoms with Gasteiger partial charge in [-0.2, -0.15) is 5.10 Å². The summed E-state index contributed by atoms with van der Waals surface area (Å²) in [6.45, 7) is 1.56. The summed E-state index contributed by atoms with van der Waals surface area (Å²) in [5.74, 6) is -1.52. The molecule has 0 unspecified atom stereocenters. The van der Waals surface area contributed by atoms with E-state index in [1.54, 1.807) is 35.5 Å². The van der Waals surface area contributed by atoms with Crippen LogP contribution in [0.15, 0.2) is 12.1 Å². The van der Waals surface area contributed by atoms with Gasteiger partial charge in [0.15, 0.2) is 0 Å². The van der Waals surface area contributed by atoms with Crippen molar-refractivity contribution in [3.8, 4) is 11.1 Å². The lowest BCUT2D eigenvalue weighted by molar-refractivity contribution is -0.140. The number of ether oxygens (including phenoxy) is 1. The third-order valence-electron chi connectivity index (χ3n) is 5.16. The molecular formula is C20H22ClN3O5. The van der Waals surface area contributed by atoms with Crippen LogP contribution in [-0.4, -0.2) is 43.6 Å². The molecule has 0 spiro atoms. The van der Waals surface area contributed by atoms with Gasteiger partial charge < -0.3 is 19.5 Å². The van der Waals surface area contributed by atoms with E-state index in [4.69, 9.17) is 16.3 Å². The van der Waals surface area contributed by atoms with Crippen molar-refractivity contribution in [3.05, 3.63) is 39.8 Å². The van der Waals surface area contributed by atoms with Gasteiger partial charge in [0.25, 0.3) is 0 Å². The second-order valence-electron chi connectivity index (χ2n) is 6.77. The van der Waals surface area contributed by atoms with Crippen molar-refractivity contribution >= 4 is 34.4 Å². The minimum atomic E-state index is -1.10. The highest BCUT2D eigenvalue weighted by Gasteiger charge is 2.27. The number of aliphatic hydroxyl groups excluding tert-OH is 1. The Bertz CT molecular complexity index is 1130. The number of carbonyl (C=O) groups is 2. The molecule has 0 amide bonds. The van der Waals surface area contributed by atoms with E-state index in [9.17, 15) is 19.8 Å². The number of fused-ring (bicyclic) bond motifs is 1. The van der Waals surface area contributed by atoms with Gasteiger partial charge in [0.2, 0.25) is 0 Å². The fourth-order valence-corrected chi connectivity index (χ4v) is 4.15. The van der Waals surface area contributed by atoms with Gasteiger partial charge in [-0.15, -0.1) is 0 Å². The first-order chi connectivity index (χ1) is 13.7. The normalized spacial score (nSPS) is 11.2. The standard InChI is InChI=1S/C20H22ClN3O5/c1-10-16(14(9-25)24(3)22-10)17-13(21)7-5-11-12(6-8-15(26)29-4)19(20(27)28)23(2)18(11)17/h5,7,25H,6,8-9H2,1-4H3,(H,27,28). The van der Waals surface area contributed by atoms with Crippen molar-refractivity contribution in [1.29, 1.82) is 0 Å². The van der Waals surface area contributed by atoms with Crippen LogP contribution in [0.1, 0.15) is 33.9 Å². The Balaban J connectivity index is 2.38. The number of esters is 1. The number of aryl methyl sites for hydroxylation is 4. The van der Waals surface area contributed by atoms with Crippen LogP contribution in [0.4, 0.5) is 0 Å². The molecule has 0 fully saturated rings. The molecule has 3 aromatic rings. The van der Waals surface area contributed by atoms with Gasteiger partial charge in [-0.25, -0.2) is 4.79 Å². The number of hydrogen-bond acceptors (Lipinski definition) is 5. The van der Waals surface area contributed by atoms with Crippen molar-refractivity contribution in [2.75, 3.05) is 7.11 Å². The Morgan fingerprint density at radius 1 is 1.24 bits per heavy atom. The molecule has 29 heavy (non-hydrogen) atoms. The molecule has 0 saturated heterocycles. The predicted molar refractivity (Wildman–Crippen MR) is 108 cm³/mol. The number of benzene rings is 1. The summed E-state index contributed by atoms with van der Waals surface area (Å²) in [4.78, 5) is 23.7. The molecule has 154 valence electrons. The Hall–Kier alpha value is -2.84. The molecule has 0 atom stereocenters. The maximum Gasteiger partial charge on any atom is 0.352 e. The average Bonchev–Trinajstić information content (AvgIpc) is 3.12. The van der Waals surface area contributed by atoms with Crippen molar-refractivity contribution in [1.82, 2.24) is 14.3 Å². The number of rotatable bonds is 6. The summed E-state index contributed by atoms with van der Waals surface area (Å²) in [5, 5.41) is 25.2. The molecule has 0 aliphatic rings. The first-order valence-electron chi connectivity index (χ1n) is 8.96. The van der Waals surface area contributed by atoms with E-state index in [-0.39, 0.29) is 25.1 Å². The number of aliphatic hydroxyl groups is 1. The average molecular weight is 420 g/mol. The second-order valence-corrected chi connectivity index (χ2v) is 7.18. The summed E-state index contributed by atoms with van der Waals surface area (Å²) in [5.41, 5.74) is 3.74. The van der Waals surface area contributed by atoms with E-state index in [1.165, 1.54) is 7.11 Å². The largest absolute Gasteiger partial charge is 0.477 e. The van der Waals surface area contributed by atoms with Crippen LogP contribution >= 0.6 is 11.6 Å². The number of hydrogen-bond donors (Lipinski definition) is 2. The number of methoxy groups -OCH3 is 1. The molecule has 0 aliphatic heterocycles. The molecule has 2 aromatic heterocycles. The lowest BCUT2D eigenvalue weighted by Crippen LogP contribution is -2.09. The highest BCUT2D eigenvalue weighted by atomic mass is 35.5. The topological polar surface area (TPSA) is 107 Å². The smallest absolute Gasteiger partial charge is 0.352 e. The minimum absolute atomic E-state index is 0.0572. The number of aromatic carboxylic acids is 1. The van der Waals surface area contributed by atoms with E-state index in [0.29, 0.717) is 44.0 Å². The minimum Gasteiger partial charge on any atom is -0.477 e. The SMILES string of the molecule is COC(=O)CCc1c(C(=O)O)n(C)c2c(-c3c(C)nn(C)c3CO)c(Cl)ccc12. The molecular weight excluding hydrogens is 398 g/mol. The number of carbonyl (C=O) groups excluding carboxylic acids is 1. The maximum atomic E-state index is 12.0. The summed E-state index contributed by atoms with van der Waals surface area (Å²) >= 11 is 6.56. The predicted octanol–water partition coefficient (Wildman–Crippen LogP) is 2.84. The summed E-state index contributed by atoms with van der Waals surface area (Å²) in [6.07, 6.45) is 0.271. The zero-order valence-electron chi connectivity index (χ0n) is 16.6. The van der Waals surface area contributed by atoms with Crippen LogP contribution in [0, 0.1) is 6.92 Å². The lowest BCUT2D eigenvalue weighted by atomic mass is 9.98. The van der Waals surface area contributed by atoms with Crippen molar-refractivity contribution in [3.63, 3.8) is 0 Å².